The topological polar surface area (TPSA) is 29.5 Å². The number of ether oxygens (including phenoxy) is 1. The third kappa shape index (κ3) is 1.60. The number of benzene rings is 1. The van der Waals surface area contributed by atoms with E-state index >= 15 is 0 Å². The van der Waals surface area contributed by atoms with Crippen molar-refractivity contribution in [1.29, 1.82) is 0 Å². The van der Waals surface area contributed by atoms with Gasteiger partial charge in [0.05, 0.1) is 6.10 Å². The third-order valence-electron chi connectivity index (χ3n) is 2.57. The van der Waals surface area contributed by atoms with Crippen LogP contribution >= 0.6 is 0 Å². The molecular weight excluding hydrogens is 183 g/mol. The maximum atomic E-state index is 12.9. The van der Waals surface area contributed by atoms with Gasteiger partial charge in [-0.3, -0.25) is 0 Å². The SMILES string of the molecule is CCC1C[C@H](O)c2cc(F)ccc2O1. The standard InChI is InChI=1S/C11H13FO2/c1-2-8-6-10(13)9-5-7(12)3-4-11(9)14-8/h3-5,8,10,13H,2,6H2,1H3/t8?,10-/m0/s1. The Hall–Kier alpha value is -1.09. The van der Waals surface area contributed by atoms with Gasteiger partial charge < -0.3 is 9.84 Å². The number of halogens is 1. The molecule has 3 heteroatoms. The Morgan fingerprint density at radius 3 is 3.07 bits per heavy atom. The van der Waals surface area contributed by atoms with E-state index in [-0.39, 0.29) is 11.9 Å². The second-order valence-electron chi connectivity index (χ2n) is 3.58. The van der Waals surface area contributed by atoms with Crippen molar-refractivity contribution in [1.82, 2.24) is 0 Å². The van der Waals surface area contributed by atoms with E-state index in [1.165, 1.54) is 12.1 Å². The molecule has 1 aromatic carbocycles. The highest BCUT2D eigenvalue weighted by atomic mass is 19.1. The molecule has 76 valence electrons. The fraction of sp³-hybridized carbons (Fsp3) is 0.455. The predicted octanol–water partition coefficient (Wildman–Crippen LogP) is 2.42. The first-order valence-electron chi connectivity index (χ1n) is 4.85. The molecule has 1 aliphatic heterocycles. The van der Waals surface area contributed by atoms with E-state index in [2.05, 4.69) is 0 Å². The zero-order valence-electron chi connectivity index (χ0n) is 8.03. The summed E-state index contributed by atoms with van der Waals surface area (Å²) in [5, 5.41) is 9.74. The Bertz CT molecular complexity index is 338. The lowest BCUT2D eigenvalue weighted by atomic mass is 9.98. The molecular formula is C11H13FO2. The van der Waals surface area contributed by atoms with E-state index < -0.39 is 6.10 Å². The average Bonchev–Trinajstić information content (AvgIpc) is 2.19. The highest BCUT2D eigenvalue weighted by Gasteiger charge is 2.25. The van der Waals surface area contributed by atoms with Crippen LogP contribution in [0.15, 0.2) is 18.2 Å². The van der Waals surface area contributed by atoms with Crippen LogP contribution < -0.4 is 4.74 Å². The monoisotopic (exact) mass is 196 g/mol. The van der Waals surface area contributed by atoms with Crippen LogP contribution in [-0.2, 0) is 0 Å². The van der Waals surface area contributed by atoms with Crippen molar-refractivity contribution in [2.75, 3.05) is 0 Å². The minimum absolute atomic E-state index is 0.0444. The number of rotatable bonds is 1. The lowest BCUT2D eigenvalue weighted by Gasteiger charge is -2.28. The molecule has 0 saturated carbocycles. The van der Waals surface area contributed by atoms with Crippen molar-refractivity contribution >= 4 is 0 Å². The molecule has 0 spiro atoms. The summed E-state index contributed by atoms with van der Waals surface area (Å²) in [7, 11) is 0. The largest absolute Gasteiger partial charge is 0.490 e. The Labute approximate surface area is 82.3 Å². The third-order valence-corrected chi connectivity index (χ3v) is 2.57. The molecule has 0 fully saturated rings. The van der Waals surface area contributed by atoms with E-state index in [0.717, 1.165) is 6.42 Å². The summed E-state index contributed by atoms with van der Waals surface area (Å²) in [6.07, 6.45) is 0.850. The van der Waals surface area contributed by atoms with Crippen molar-refractivity contribution < 1.29 is 14.2 Å². The Morgan fingerprint density at radius 2 is 2.36 bits per heavy atom. The van der Waals surface area contributed by atoms with Crippen LogP contribution in [-0.4, -0.2) is 11.2 Å². The lowest BCUT2D eigenvalue weighted by Crippen LogP contribution is -2.24. The zero-order valence-corrected chi connectivity index (χ0v) is 8.03. The maximum Gasteiger partial charge on any atom is 0.125 e. The molecule has 1 aromatic rings. The van der Waals surface area contributed by atoms with Crippen LogP contribution in [0.5, 0.6) is 5.75 Å². The number of aliphatic hydroxyl groups excluding tert-OH is 1. The molecule has 14 heavy (non-hydrogen) atoms. The molecule has 0 bridgehead atoms. The summed E-state index contributed by atoms with van der Waals surface area (Å²) in [6.45, 7) is 2.01. The van der Waals surface area contributed by atoms with Crippen LogP contribution in [0.1, 0.15) is 31.4 Å². The molecule has 2 nitrogen and oxygen atoms in total. The Balaban J connectivity index is 2.35. The molecule has 1 N–H and O–H groups in total. The Morgan fingerprint density at radius 1 is 1.57 bits per heavy atom. The molecule has 0 aliphatic carbocycles. The fourth-order valence-electron chi connectivity index (χ4n) is 1.74. The molecule has 0 aromatic heterocycles. The number of hydrogen-bond donors (Lipinski definition) is 1. The van der Waals surface area contributed by atoms with E-state index in [9.17, 15) is 9.50 Å². The van der Waals surface area contributed by atoms with Crippen molar-refractivity contribution in [3.63, 3.8) is 0 Å². The van der Waals surface area contributed by atoms with Gasteiger partial charge in [0.1, 0.15) is 17.7 Å². The second-order valence-corrected chi connectivity index (χ2v) is 3.58. The van der Waals surface area contributed by atoms with Gasteiger partial charge in [-0.2, -0.15) is 0 Å². The van der Waals surface area contributed by atoms with Gasteiger partial charge in [0.2, 0.25) is 0 Å². The first kappa shape index (κ1) is 9.46. The zero-order chi connectivity index (χ0) is 10.1. The van der Waals surface area contributed by atoms with Crippen LogP contribution in [0.2, 0.25) is 0 Å². The fourth-order valence-corrected chi connectivity index (χ4v) is 1.74. The van der Waals surface area contributed by atoms with Gasteiger partial charge in [-0.15, -0.1) is 0 Å². The number of hydrogen-bond acceptors (Lipinski definition) is 2. The highest BCUT2D eigenvalue weighted by Crippen LogP contribution is 2.35. The van der Waals surface area contributed by atoms with Crippen molar-refractivity contribution in [2.45, 2.75) is 32.0 Å². The van der Waals surface area contributed by atoms with E-state index in [4.69, 9.17) is 4.74 Å². The normalized spacial score (nSPS) is 25.4. The van der Waals surface area contributed by atoms with Crippen molar-refractivity contribution in [2.24, 2.45) is 0 Å². The highest BCUT2D eigenvalue weighted by molar-refractivity contribution is 5.37. The molecule has 0 saturated heterocycles. The van der Waals surface area contributed by atoms with Gasteiger partial charge in [0.25, 0.3) is 0 Å². The minimum Gasteiger partial charge on any atom is -0.490 e. The summed E-state index contributed by atoms with van der Waals surface area (Å²) in [6, 6.07) is 4.27. The molecule has 1 heterocycles. The predicted molar refractivity (Wildman–Crippen MR) is 50.7 cm³/mol. The lowest BCUT2D eigenvalue weighted by molar-refractivity contribution is 0.0639. The molecule has 0 amide bonds. The van der Waals surface area contributed by atoms with Gasteiger partial charge in [-0.1, -0.05) is 6.92 Å². The first-order valence-corrected chi connectivity index (χ1v) is 4.85. The van der Waals surface area contributed by atoms with Gasteiger partial charge >= 0.3 is 0 Å². The number of fused-ring (bicyclic) bond motifs is 1. The van der Waals surface area contributed by atoms with Gasteiger partial charge in [0.15, 0.2) is 0 Å². The Kier molecular flexibility index (Phi) is 2.42. The van der Waals surface area contributed by atoms with Crippen LogP contribution in [0.3, 0.4) is 0 Å². The molecule has 0 radical (unpaired) electrons. The number of aliphatic hydroxyl groups is 1. The summed E-state index contributed by atoms with van der Waals surface area (Å²) in [5.41, 5.74) is 0.565. The van der Waals surface area contributed by atoms with Crippen LogP contribution in [0.25, 0.3) is 0 Å². The van der Waals surface area contributed by atoms with Crippen LogP contribution in [0, 0.1) is 5.82 Å². The van der Waals surface area contributed by atoms with Gasteiger partial charge in [0, 0.05) is 12.0 Å². The summed E-state index contributed by atoms with van der Waals surface area (Å²) >= 11 is 0. The van der Waals surface area contributed by atoms with Crippen molar-refractivity contribution in [3.8, 4) is 5.75 Å². The summed E-state index contributed by atoms with van der Waals surface area (Å²) in [5.74, 6) is 0.276. The van der Waals surface area contributed by atoms with Crippen molar-refractivity contribution in [3.05, 3.63) is 29.6 Å². The van der Waals surface area contributed by atoms with Crippen LogP contribution in [0.4, 0.5) is 4.39 Å². The van der Waals surface area contributed by atoms with E-state index in [1.54, 1.807) is 6.07 Å². The molecule has 1 unspecified atom stereocenters. The second kappa shape index (κ2) is 3.58. The smallest absolute Gasteiger partial charge is 0.125 e. The van der Waals surface area contributed by atoms with Gasteiger partial charge in [-0.05, 0) is 24.6 Å². The molecule has 2 rings (SSSR count). The van der Waals surface area contributed by atoms with Gasteiger partial charge in [-0.25, -0.2) is 4.39 Å². The van der Waals surface area contributed by atoms with E-state index in [0.29, 0.717) is 17.7 Å². The first-order chi connectivity index (χ1) is 6.70. The molecule has 2 atom stereocenters. The maximum absolute atomic E-state index is 12.9. The average molecular weight is 196 g/mol. The molecule has 1 aliphatic rings. The van der Waals surface area contributed by atoms with E-state index in [1.807, 2.05) is 6.92 Å². The quantitative estimate of drug-likeness (QED) is 0.747. The minimum atomic E-state index is -0.598. The summed E-state index contributed by atoms with van der Waals surface area (Å²) in [4.78, 5) is 0. The summed E-state index contributed by atoms with van der Waals surface area (Å²) < 4.78 is 18.5.